The van der Waals surface area contributed by atoms with Crippen LogP contribution in [0, 0.1) is 11.3 Å². The molecule has 1 saturated heterocycles. The molecule has 1 unspecified atom stereocenters. The van der Waals surface area contributed by atoms with Crippen LogP contribution in [0.1, 0.15) is 0 Å². The average molecular weight is 265 g/mol. The number of ether oxygens (including phenoxy) is 1. The van der Waals surface area contributed by atoms with E-state index in [1.54, 1.807) is 6.20 Å². The molecule has 8 heteroatoms. The van der Waals surface area contributed by atoms with Gasteiger partial charge in [0.25, 0.3) is 0 Å². The number of aromatic nitrogens is 4. The standard InChI is InChI=1S/C10H9ClN6O/c11-10-14-8-7(4-13-16-8)9(15-10)17-1-2-18-6(3-12)5-17/h4,6H,1-2,5H2,(H,13,14,15,16). The van der Waals surface area contributed by atoms with Gasteiger partial charge in [0.05, 0.1) is 30.8 Å². The zero-order valence-corrected chi connectivity index (χ0v) is 10.1. The number of nitrogens with one attached hydrogen (secondary N) is 1. The van der Waals surface area contributed by atoms with Crippen molar-refractivity contribution in [2.75, 3.05) is 24.6 Å². The van der Waals surface area contributed by atoms with Crippen LogP contribution in [-0.2, 0) is 4.74 Å². The lowest BCUT2D eigenvalue weighted by molar-refractivity contribution is 0.0762. The molecule has 0 saturated carbocycles. The van der Waals surface area contributed by atoms with Crippen LogP contribution in [0.4, 0.5) is 5.82 Å². The number of H-pyrrole nitrogens is 1. The Labute approximate surface area is 107 Å². The zero-order chi connectivity index (χ0) is 12.5. The molecule has 2 aromatic rings. The van der Waals surface area contributed by atoms with E-state index in [9.17, 15) is 0 Å². The molecule has 92 valence electrons. The van der Waals surface area contributed by atoms with E-state index >= 15 is 0 Å². The van der Waals surface area contributed by atoms with E-state index in [1.165, 1.54) is 0 Å². The summed E-state index contributed by atoms with van der Waals surface area (Å²) in [5.41, 5.74) is 0.588. The summed E-state index contributed by atoms with van der Waals surface area (Å²) in [6.45, 7) is 1.61. The summed E-state index contributed by atoms with van der Waals surface area (Å²) < 4.78 is 5.30. The van der Waals surface area contributed by atoms with E-state index < -0.39 is 6.10 Å². The van der Waals surface area contributed by atoms with E-state index in [2.05, 4.69) is 26.2 Å². The zero-order valence-electron chi connectivity index (χ0n) is 9.30. The van der Waals surface area contributed by atoms with E-state index in [1.807, 2.05) is 4.90 Å². The Morgan fingerprint density at radius 2 is 2.44 bits per heavy atom. The molecule has 0 aromatic carbocycles. The molecule has 1 aliphatic heterocycles. The van der Waals surface area contributed by atoms with Gasteiger partial charge < -0.3 is 9.64 Å². The van der Waals surface area contributed by atoms with Crippen LogP contribution in [0.5, 0.6) is 0 Å². The van der Waals surface area contributed by atoms with Crippen LogP contribution in [-0.4, -0.2) is 46.0 Å². The Bertz CT molecular complexity index is 620. The highest BCUT2D eigenvalue weighted by atomic mass is 35.5. The molecular weight excluding hydrogens is 256 g/mol. The van der Waals surface area contributed by atoms with Gasteiger partial charge in [0, 0.05) is 6.54 Å². The highest BCUT2D eigenvalue weighted by Crippen LogP contribution is 2.25. The summed E-state index contributed by atoms with van der Waals surface area (Å²) in [6, 6.07) is 2.10. The smallest absolute Gasteiger partial charge is 0.226 e. The fourth-order valence-corrected chi connectivity index (χ4v) is 2.12. The molecule has 0 spiro atoms. The number of hydrogen-bond donors (Lipinski definition) is 1. The first-order valence-corrected chi connectivity index (χ1v) is 5.78. The molecule has 18 heavy (non-hydrogen) atoms. The Hall–Kier alpha value is -1.91. The second-order valence-electron chi connectivity index (χ2n) is 3.88. The van der Waals surface area contributed by atoms with Gasteiger partial charge in [0.1, 0.15) is 5.82 Å². The lowest BCUT2D eigenvalue weighted by atomic mass is 10.2. The first-order valence-electron chi connectivity index (χ1n) is 5.40. The van der Waals surface area contributed by atoms with Crippen LogP contribution in [0.15, 0.2) is 6.20 Å². The van der Waals surface area contributed by atoms with Gasteiger partial charge in [-0.05, 0) is 11.6 Å². The van der Waals surface area contributed by atoms with E-state index in [4.69, 9.17) is 21.6 Å². The Balaban J connectivity index is 2.03. The van der Waals surface area contributed by atoms with Gasteiger partial charge in [0.15, 0.2) is 11.8 Å². The lowest BCUT2D eigenvalue weighted by Gasteiger charge is -2.30. The number of hydrogen-bond acceptors (Lipinski definition) is 6. The molecule has 1 fully saturated rings. The first-order chi connectivity index (χ1) is 8.78. The minimum atomic E-state index is -0.450. The van der Waals surface area contributed by atoms with Gasteiger partial charge in [-0.15, -0.1) is 0 Å². The summed E-state index contributed by atoms with van der Waals surface area (Å²) in [4.78, 5) is 10.2. The fraction of sp³-hybridized carbons (Fsp3) is 0.400. The van der Waals surface area contributed by atoms with Crippen LogP contribution >= 0.6 is 11.6 Å². The number of anilines is 1. The number of halogens is 1. The quantitative estimate of drug-likeness (QED) is 0.764. The second kappa shape index (κ2) is 4.40. The van der Waals surface area contributed by atoms with Gasteiger partial charge in [0.2, 0.25) is 5.28 Å². The van der Waals surface area contributed by atoms with Crippen molar-refractivity contribution in [3.05, 3.63) is 11.5 Å². The molecule has 0 radical (unpaired) electrons. The molecule has 0 amide bonds. The van der Waals surface area contributed by atoms with Crippen molar-refractivity contribution in [1.29, 1.82) is 5.26 Å². The van der Waals surface area contributed by atoms with Gasteiger partial charge >= 0.3 is 0 Å². The Morgan fingerprint density at radius 1 is 1.56 bits per heavy atom. The fourth-order valence-electron chi connectivity index (χ4n) is 1.95. The molecule has 3 heterocycles. The maximum atomic E-state index is 8.90. The number of morpholine rings is 1. The molecule has 7 nitrogen and oxygen atoms in total. The van der Waals surface area contributed by atoms with Gasteiger partial charge in [-0.25, -0.2) is 0 Å². The monoisotopic (exact) mass is 264 g/mol. The van der Waals surface area contributed by atoms with Crippen LogP contribution in [0.2, 0.25) is 5.28 Å². The van der Waals surface area contributed by atoms with Gasteiger partial charge in [-0.2, -0.15) is 20.3 Å². The normalized spacial score (nSPS) is 20.0. The van der Waals surface area contributed by atoms with Crippen LogP contribution in [0.3, 0.4) is 0 Å². The largest absolute Gasteiger partial charge is 0.360 e. The van der Waals surface area contributed by atoms with Crippen LogP contribution in [0.25, 0.3) is 11.0 Å². The Morgan fingerprint density at radius 3 is 3.28 bits per heavy atom. The number of nitriles is 1. The summed E-state index contributed by atoms with van der Waals surface area (Å²) in [5, 5.41) is 16.5. The predicted molar refractivity (Wildman–Crippen MR) is 64.3 cm³/mol. The minimum absolute atomic E-state index is 0.154. The highest BCUT2D eigenvalue weighted by molar-refractivity contribution is 6.28. The van der Waals surface area contributed by atoms with Gasteiger partial charge in [-0.1, -0.05) is 0 Å². The highest BCUT2D eigenvalue weighted by Gasteiger charge is 2.23. The van der Waals surface area contributed by atoms with Crippen molar-refractivity contribution in [3.8, 4) is 6.07 Å². The maximum Gasteiger partial charge on any atom is 0.226 e. The second-order valence-corrected chi connectivity index (χ2v) is 4.22. The van der Waals surface area contributed by atoms with E-state index in [-0.39, 0.29) is 5.28 Å². The topological polar surface area (TPSA) is 90.7 Å². The van der Waals surface area contributed by atoms with Crippen molar-refractivity contribution in [1.82, 2.24) is 20.2 Å². The van der Waals surface area contributed by atoms with Crippen LogP contribution < -0.4 is 4.90 Å². The molecule has 0 bridgehead atoms. The van der Waals surface area contributed by atoms with E-state index in [0.717, 1.165) is 5.39 Å². The number of rotatable bonds is 1. The van der Waals surface area contributed by atoms with E-state index in [0.29, 0.717) is 31.2 Å². The number of fused-ring (bicyclic) bond motifs is 1. The predicted octanol–water partition coefficient (Wildman–Crippen LogP) is 0.735. The number of nitrogens with zero attached hydrogens (tertiary/aromatic N) is 5. The first kappa shape index (κ1) is 11.2. The Kier molecular flexibility index (Phi) is 2.74. The van der Waals surface area contributed by atoms with Crippen molar-refractivity contribution in [2.24, 2.45) is 0 Å². The minimum Gasteiger partial charge on any atom is -0.360 e. The summed E-state index contributed by atoms with van der Waals surface area (Å²) in [7, 11) is 0. The summed E-state index contributed by atoms with van der Waals surface area (Å²) in [6.07, 6.45) is 1.20. The molecule has 1 aliphatic rings. The molecule has 0 aliphatic carbocycles. The molecule has 3 rings (SSSR count). The molecule has 1 atom stereocenters. The van der Waals surface area contributed by atoms with Crippen molar-refractivity contribution in [3.63, 3.8) is 0 Å². The maximum absolute atomic E-state index is 8.90. The third-order valence-corrected chi connectivity index (χ3v) is 2.94. The SMILES string of the molecule is N#CC1CN(c2nc(Cl)nc3[nH]ncc23)CCO1. The number of aromatic amines is 1. The van der Waals surface area contributed by atoms with Gasteiger partial charge in [-0.3, -0.25) is 5.10 Å². The lowest BCUT2D eigenvalue weighted by Crippen LogP contribution is -2.42. The van der Waals surface area contributed by atoms with Crippen molar-refractivity contribution in [2.45, 2.75) is 6.10 Å². The molecule has 1 N–H and O–H groups in total. The summed E-state index contributed by atoms with van der Waals surface area (Å²) in [5.74, 6) is 0.683. The summed E-state index contributed by atoms with van der Waals surface area (Å²) >= 11 is 5.88. The molecular formula is C10H9ClN6O. The van der Waals surface area contributed by atoms with Crippen molar-refractivity contribution < 1.29 is 4.74 Å². The third-order valence-electron chi connectivity index (χ3n) is 2.77. The average Bonchev–Trinajstić information content (AvgIpc) is 2.85. The third kappa shape index (κ3) is 1.85. The molecule has 2 aromatic heterocycles. The van der Waals surface area contributed by atoms with Crippen molar-refractivity contribution >= 4 is 28.5 Å².